The topological polar surface area (TPSA) is 74.2 Å². The van der Waals surface area contributed by atoms with Crippen molar-refractivity contribution in [3.8, 4) is 5.75 Å². The summed E-state index contributed by atoms with van der Waals surface area (Å²) in [6.07, 6.45) is 0. The quantitative estimate of drug-likeness (QED) is 0.825. The number of benzene rings is 1. The van der Waals surface area contributed by atoms with Crippen molar-refractivity contribution in [3.63, 3.8) is 0 Å². The fraction of sp³-hybridized carbons (Fsp3) is 0.333. The number of carbonyl (C=O) groups excluding carboxylic acids is 1. The van der Waals surface area contributed by atoms with Gasteiger partial charge in [-0.15, -0.1) is 0 Å². The number of halogens is 1. The van der Waals surface area contributed by atoms with Crippen LogP contribution in [0.5, 0.6) is 5.75 Å². The molecule has 1 aliphatic heterocycles. The summed E-state index contributed by atoms with van der Waals surface area (Å²) in [6.45, 7) is 1.68. The molecule has 1 heterocycles. The molecule has 1 aromatic carbocycles. The minimum atomic E-state index is -1.34. The second-order valence-corrected chi connectivity index (χ2v) is 5.08. The van der Waals surface area contributed by atoms with E-state index in [9.17, 15) is 10.0 Å². The zero-order chi connectivity index (χ0) is 14.2. The first kappa shape index (κ1) is 14.0. The average molecular weight is 328 g/mol. The number of ether oxygens (including phenoxy) is 1. The predicted molar refractivity (Wildman–Crippen MR) is 73.2 cm³/mol. The summed E-state index contributed by atoms with van der Waals surface area (Å²) in [6, 6.07) is 5.15. The molecule has 1 atom stereocenters. The number of likely N-dealkylation sites (N-methyl/N-ethyl adjacent to an activating group) is 1. The van der Waals surface area contributed by atoms with Crippen molar-refractivity contribution in [2.45, 2.75) is 12.5 Å². The van der Waals surface area contributed by atoms with E-state index >= 15 is 0 Å². The van der Waals surface area contributed by atoms with Crippen LogP contribution >= 0.6 is 15.9 Å². The standard InChI is InChI=1S/C12H14BrN3O3/c1-7-12(15-18,11(17)16(2)14-7)8-4-5-10(19-3)9(13)6-8/h4-6,15,18H,1-3H3. The van der Waals surface area contributed by atoms with E-state index in [-0.39, 0.29) is 5.91 Å². The monoisotopic (exact) mass is 327 g/mol. The minimum Gasteiger partial charge on any atom is -0.496 e. The number of nitrogens with zero attached hydrogens (tertiary/aromatic N) is 2. The summed E-state index contributed by atoms with van der Waals surface area (Å²) in [5, 5.41) is 14.8. The second-order valence-electron chi connectivity index (χ2n) is 4.23. The highest BCUT2D eigenvalue weighted by Crippen LogP contribution is 2.34. The van der Waals surface area contributed by atoms with Crippen LogP contribution in [-0.2, 0) is 10.3 Å². The molecule has 7 heteroatoms. The molecule has 0 radical (unpaired) electrons. The van der Waals surface area contributed by atoms with Crippen LogP contribution in [0.1, 0.15) is 12.5 Å². The van der Waals surface area contributed by atoms with Crippen molar-refractivity contribution in [1.82, 2.24) is 10.5 Å². The smallest absolute Gasteiger partial charge is 0.275 e. The van der Waals surface area contributed by atoms with Crippen LogP contribution in [0.3, 0.4) is 0 Å². The summed E-state index contributed by atoms with van der Waals surface area (Å²) in [4.78, 5) is 12.3. The van der Waals surface area contributed by atoms with E-state index < -0.39 is 5.54 Å². The molecule has 0 saturated heterocycles. The van der Waals surface area contributed by atoms with Gasteiger partial charge in [0.25, 0.3) is 5.91 Å². The Bertz CT molecular complexity index is 561. The number of methoxy groups -OCH3 is 1. The lowest BCUT2D eigenvalue weighted by Crippen LogP contribution is -2.52. The highest BCUT2D eigenvalue weighted by molar-refractivity contribution is 9.10. The van der Waals surface area contributed by atoms with Gasteiger partial charge in [-0.3, -0.25) is 4.79 Å². The maximum absolute atomic E-state index is 12.3. The molecule has 2 N–H and O–H groups in total. The van der Waals surface area contributed by atoms with Crippen LogP contribution in [0.15, 0.2) is 27.8 Å². The molecule has 0 bridgehead atoms. The van der Waals surface area contributed by atoms with Crippen molar-refractivity contribution in [2.24, 2.45) is 5.10 Å². The van der Waals surface area contributed by atoms with Gasteiger partial charge in [0, 0.05) is 7.05 Å². The van der Waals surface area contributed by atoms with E-state index in [1.807, 2.05) is 0 Å². The maximum atomic E-state index is 12.3. The molecule has 0 aliphatic carbocycles. The first-order chi connectivity index (χ1) is 8.97. The van der Waals surface area contributed by atoms with Gasteiger partial charge in [-0.05, 0) is 40.5 Å². The molecule has 2 rings (SSSR count). The summed E-state index contributed by atoms with van der Waals surface area (Å²) >= 11 is 3.36. The van der Waals surface area contributed by atoms with E-state index in [2.05, 4.69) is 26.5 Å². The molecule has 0 saturated carbocycles. The summed E-state index contributed by atoms with van der Waals surface area (Å²) in [7, 11) is 3.10. The molecule has 0 aromatic heterocycles. The van der Waals surface area contributed by atoms with E-state index in [1.165, 1.54) is 5.01 Å². The number of hydrazone groups is 1. The Kier molecular flexibility index (Phi) is 3.62. The maximum Gasteiger partial charge on any atom is 0.275 e. The third kappa shape index (κ3) is 1.94. The lowest BCUT2D eigenvalue weighted by Gasteiger charge is -2.26. The molecular weight excluding hydrogens is 314 g/mol. The van der Waals surface area contributed by atoms with Gasteiger partial charge in [0.15, 0.2) is 5.54 Å². The van der Waals surface area contributed by atoms with E-state index in [4.69, 9.17) is 4.74 Å². The molecule has 1 unspecified atom stereocenters. The SMILES string of the molecule is COc1ccc(C2(NO)C(=O)N(C)N=C2C)cc1Br. The summed E-state index contributed by atoms with van der Waals surface area (Å²) < 4.78 is 5.84. The predicted octanol–water partition coefficient (Wildman–Crippen LogP) is 1.48. The highest BCUT2D eigenvalue weighted by Gasteiger charge is 2.49. The molecular formula is C12H14BrN3O3. The molecule has 19 heavy (non-hydrogen) atoms. The second kappa shape index (κ2) is 4.92. The van der Waals surface area contributed by atoms with Crippen LogP contribution in [0.25, 0.3) is 0 Å². The number of rotatable bonds is 3. The van der Waals surface area contributed by atoms with Gasteiger partial charge in [-0.25, -0.2) is 5.01 Å². The van der Waals surface area contributed by atoms with Gasteiger partial charge in [0.05, 0.1) is 17.3 Å². The van der Waals surface area contributed by atoms with Crippen molar-refractivity contribution >= 4 is 27.5 Å². The number of carbonyl (C=O) groups is 1. The van der Waals surface area contributed by atoms with Crippen LogP contribution in [0, 0.1) is 0 Å². The lowest BCUT2D eigenvalue weighted by molar-refractivity contribution is -0.136. The largest absolute Gasteiger partial charge is 0.496 e. The first-order valence-electron chi connectivity index (χ1n) is 5.56. The van der Waals surface area contributed by atoms with Crippen molar-refractivity contribution < 1.29 is 14.7 Å². The minimum absolute atomic E-state index is 0.343. The van der Waals surface area contributed by atoms with Gasteiger partial charge < -0.3 is 9.94 Å². The van der Waals surface area contributed by atoms with Crippen molar-refractivity contribution in [3.05, 3.63) is 28.2 Å². The third-order valence-electron chi connectivity index (χ3n) is 3.21. The molecule has 1 aromatic rings. The van der Waals surface area contributed by atoms with Crippen molar-refractivity contribution in [2.75, 3.05) is 14.2 Å². The van der Waals surface area contributed by atoms with Crippen LogP contribution in [-0.4, -0.2) is 36.0 Å². The Balaban J connectivity index is 2.57. The van der Waals surface area contributed by atoms with Crippen LogP contribution in [0.4, 0.5) is 0 Å². The zero-order valence-corrected chi connectivity index (χ0v) is 12.4. The summed E-state index contributed by atoms with van der Waals surface area (Å²) in [5.74, 6) is 0.301. The van der Waals surface area contributed by atoms with Gasteiger partial charge in [-0.2, -0.15) is 10.6 Å². The van der Waals surface area contributed by atoms with Crippen LogP contribution < -0.4 is 10.2 Å². The number of hydrogen-bond donors (Lipinski definition) is 2. The summed E-state index contributed by atoms with van der Waals surface area (Å²) in [5.41, 5.74) is 1.81. The molecule has 1 aliphatic rings. The number of nitrogens with one attached hydrogen (secondary N) is 1. The van der Waals surface area contributed by atoms with Gasteiger partial charge in [0.2, 0.25) is 0 Å². The third-order valence-corrected chi connectivity index (χ3v) is 3.83. The lowest BCUT2D eigenvalue weighted by atomic mass is 9.86. The number of hydroxylamine groups is 1. The van der Waals surface area contributed by atoms with E-state index in [0.717, 1.165) is 0 Å². The van der Waals surface area contributed by atoms with Gasteiger partial charge in [0.1, 0.15) is 5.75 Å². The molecule has 1 amide bonds. The van der Waals surface area contributed by atoms with Gasteiger partial charge >= 0.3 is 0 Å². The fourth-order valence-electron chi connectivity index (χ4n) is 2.17. The highest BCUT2D eigenvalue weighted by atomic mass is 79.9. The Morgan fingerprint density at radius 3 is 2.63 bits per heavy atom. The van der Waals surface area contributed by atoms with Gasteiger partial charge in [-0.1, -0.05) is 6.07 Å². The average Bonchev–Trinajstić information content (AvgIpc) is 2.61. The first-order valence-corrected chi connectivity index (χ1v) is 6.35. The fourth-order valence-corrected chi connectivity index (χ4v) is 2.71. The number of hydrogen-bond acceptors (Lipinski definition) is 5. The van der Waals surface area contributed by atoms with E-state index in [1.54, 1.807) is 39.3 Å². The van der Waals surface area contributed by atoms with E-state index in [0.29, 0.717) is 21.5 Å². The normalized spacial score (nSPS) is 22.7. The Labute approximate surface area is 119 Å². The van der Waals surface area contributed by atoms with Crippen LogP contribution in [0.2, 0.25) is 0 Å². The Morgan fingerprint density at radius 2 is 2.21 bits per heavy atom. The molecule has 6 nitrogen and oxygen atoms in total. The molecule has 0 fully saturated rings. The Morgan fingerprint density at radius 1 is 1.53 bits per heavy atom. The Hall–Kier alpha value is -1.44. The molecule has 102 valence electrons. The zero-order valence-electron chi connectivity index (χ0n) is 10.8. The number of amides is 1. The molecule has 0 spiro atoms. The van der Waals surface area contributed by atoms with Crippen molar-refractivity contribution in [1.29, 1.82) is 0 Å².